The maximum Gasteiger partial charge on any atom is 0.339 e. The molecule has 1 unspecified atom stereocenters. The van der Waals surface area contributed by atoms with Crippen LogP contribution in [0.15, 0.2) is 82.2 Å². The summed E-state index contributed by atoms with van der Waals surface area (Å²) in [6.45, 7) is 4.36. The summed E-state index contributed by atoms with van der Waals surface area (Å²) in [6, 6.07) is 18.2. The third-order valence-electron chi connectivity index (χ3n) is 5.07. The van der Waals surface area contributed by atoms with Gasteiger partial charge in [0.2, 0.25) is 0 Å². The summed E-state index contributed by atoms with van der Waals surface area (Å²) in [7, 11) is -4.07. The van der Waals surface area contributed by atoms with Crippen molar-refractivity contribution < 1.29 is 21.8 Å². The summed E-state index contributed by atoms with van der Waals surface area (Å²) in [5.74, 6) is -0.493. The lowest BCUT2D eigenvalue weighted by Gasteiger charge is -2.29. The number of nitrogens with zero attached hydrogens (tertiary/aromatic N) is 1. The van der Waals surface area contributed by atoms with Gasteiger partial charge in [0.1, 0.15) is 16.5 Å². The van der Waals surface area contributed by atoms with E-state index in [1.54, 1.807) is 23.1 Å². The summed E-state index contributed by atoms with van der Waals surface area (Å²) in [5.41, 5.74) is 1.41. The lowest BCUT2D eigenvalue weighted by Crippen LogP contribution is -2.38. The van der Waals surface area contributed by atoms with Crippen LogP contribution in [0.3, 0.4) is 0 Å². The van der Waals surface area contributed by atoms with Crippen molar-refractivity contribution in [1.29, 1.82) is 0 Å². The van der Waals surface area contributed by atoms with Crippen molar-refractivity contribution in [1.82, 2.24) is 4.90 Å². The molecule has 0 N–H and O–H groups in total. The van der Waals surface area contributed by atoms with E-state index in [-0.39, 0.29) is 22.6 Å². The Morgan fingerprint density at radius 3 is 2.25 bits per heavy atom. The molecule has 0 saturated heterocycles. The van der Waals surface area contributed by atoms with Crippen LogP contribution in [0.5, 0.6) is 5.75 Å². The molecule has 0 aliphatic rings. The fourth-order valence-electron chi connectivity index (χ4n) is 3.06. The Morgan fingerprint density at radius 2 is 1.66 bits per heavy atom. The van der Waals surface area contributed by atoms with Gasteiger partial charge in [-0.25, -0.2) is 4.39 Å². The number of hydrogen-bond donors (Lipinski definition) is 0. The van der Waals surface area contributed by atoms with Crippen molar-refractivity contribution in [2.24, 2.45) is 0 Å². The first kappa shape index (κ1) is 23.9. The SMILES string of the molecule is CCC(C)N(Cc1ccc(OS(=O)(=O)c2ccc(F)cc2)cc1)C(=O)c1ccccc1Br. The maximum absolute atomic E-state index is 13.2. The molecule has 0 bridgehead atoms. The lowest BCUT2D eigenvalue weighted by atomic mass is 10.1. The van der Waals surface area contributed by atoms with Crippen molar-refractivity contribution >= 4 is 32.0 Å². The first-order valence-electron chi connectivity index (χ1n) is 10.1. The Kier molecular flexibility index (Phi) is 7.69. The topological polar surface area (TPSA) is 63.7 Å². The van der Waals surface area contributed by atoms with Gasteiger partial charge in [0.05, 0.1) is 5.56 Å². The standard InChI is InChI=1S/C24H23BrFNO4S/c1-3-17(2)27(24(28)22-6-4-5-7-23(22)25)16-18-8-12-20(13-9-18)31-32(29,30)21-14-10-19(26)11-15-21/h4-15,17H,3,16H2,1-2H3. The van der Waals surface area contributed by atoms with Gasteiger partial charge in [0, 0.05) is 17.1 Å². The highest BCUT2D eigenvalue weighted by Gasteiger charge is 2.23. The minimum atomic E-state index is -4.07. The number of amides is 1. The van der Waals surface area contributed by atoms with Crippen molar-refractivity contribution in [2.45, 2.75) is 37.8 Å². The Balaban J connectivity index is 1.77. The summed E-state index contributed by atoms with van der Waals surface area (Å²) < 4.78 is 43.7. The second-order valence-corrected chi connectivity index (χ2v) is 9.71. The number of halogens is 2. The van der Waals surface area contributed by atoms with E-state index in [0.29, 0.717) is 12.1 Å². The number of carbonyl (C=O) groups excluding carboxylic acids is 1. The molecular weight excluding hydrogens is 497 g/mol. The molecule has 0 aliphatic heterocycles. The van der Waals surface area contributed by atoms with E-state index in [4.69, 9.17) is 4.18 Å². The minimum absolute atomic E-state index is 0.00406. The van der Waals surface area contributed by atoms with Crippen LogP contribution in [-0.2, 0) is 16.7 Å². The predicted octanol–water partition coefficient (Wildman–Crippen LogP) is 5.80. The Bertz CT molecular complexity index is 1180. The van der Waals surface area contributed by atoms with Crippen LogP contribution in [0.25, 0.3) is 0 Å². The molecule has 3 rings (SSSR count). The zero-order chi connectivity index (χ0) is 23.3. The van der Waals surface area contributed by atoms with Gasteiger partial charge >= 0.3 is 10.1 Å². The van der Waals surface area contributed by atoms with E-state index in [9.17, 15) is 17.6 Å². The van der Waals surface area contributed by atoms with Crippen molar-refractivity contribution in [3.05, 3.63) is 94.2 Å². The molecule has 0 spiro atoms. The highest BCUT2D eigenvalue weighted by molar-refractivity contribution is 9.10. The van der Waals surface area contributed by atoms with Crippen molar-refractivity contribution in [3.8, 4) is 5.75 Å². The van der Waals surface area contributed by atoms with Gasteiger partial charge in [-0.2, -0.15) is 8.42 Å². The van der Waals surface area contributed by atoms with Gasteiger partial charge in [0.15, 0.2) is 0 Å². The van der Waals surface area contributed by atoms with E-state index in [0.717, 1.165) is 40.7 Å². The molecule has 1 amide bonds. The van der Waals surface area contributed by atoms with Crippen LogP contribution in [0.4, 0.5) is 4.39 Å². The number of benzene rings is 3. The predicted molar refractivity (Wildman–Crippen MR) is 124 cm³/mol. The largest absolute Gasteiger partial charge is 0.379 e. The molecule has 8 heteroatoms. The van der Waals surface area contributed by atoms with Crippen LogP contribution in [0, 0.1) is 5.82 Å². The molecule has 1 atom stereocenters. The zero-order valence-electron chi connectivity index (χ0n) is 17.7. The molecule has 168 valence electrons. The number of hydrogen-bond acceptors (Lipinski definition) is 4. The molecule has 0 saturated carbocycles. The van der Waals surface area contributed by atoms with Crippen LogP contribution < -0.4 is 4.18 Å². The number of rotatable bonds is 8. The second-order valence-electron chi connectivity index (χ2n) is 7.31. The number of carbonyl (C=O) groups is 1. The molecule has 3 aromatic carbocycles. The first-order chi connectivity index (χ1) is 15.2. The van der Waals surface area contributed by atoms with Crippen LogP contribution in [0.2, 0.25) is 0 Å². The quantitative estimate of drug-likeness (QED) is 0.353. The average Bonchev–Trinajstić information content (AvgIpc) is 2.78. The molecular formula is C24H23BrFNO4S. The molecule has 0 aliphatic carbocycles. The van der Waals surface area contributed by atoms with Gasteiger partial charge in [-0.05, 0) is 83.4 Å². The third kappa shape index (κ3) is 5.75. The molecule has 5 nitrogen and oxygen atoms in total. The Hall–Kier alpha value is -2.71. The van der Waals surface area contributed by atoms with E-state index < -0.39 is 15.9 Å². The Labute approximate surface area is 196 Å². The van der Waals surface area contributed by atoms with Gasteiger partial charge in [-0.3, -0.25) is 4.79 Å². The monoisotopic (exact) mass is 519 g/mol. The van der Waals surface area contributed by atoms with Crippen molar-refractivity contribution in [2.75, 3.05) is 0 Å². The van der Waals surface area contributed by atoms with Gasteiger partial charge < -0.3 is 9.08 Å². The van der Waals surface area contributed by atoms with E-state index in [1.165, 1.54) is 12.1 Å². The maximum atomic E-state index is 13.2. The normalized spacial score (nSPS) is 12.2. The molecule has 32 heavy (non-hydrogen) atoms. The van der Waals surface area contributed by atoms with E-state index >= 15 is 0 Å². The molecule has 0 aromatic heterocycles. The van der Waals surface area contributed by atoms with E-state index in [2.05, 4.69) is 15.9 Å². The third-order valence-corrected chi connectivity index (χ3v) is 7.03. The Morgan fingerprint density at radius 1 is 1.03 bits per heavy atom. The summed E-state index contributed by atoms with van der Waals surface area (Å²) in [6.07, 6.45) is 0.785. The smallest absolute Gasteiger partial charge is 0.339 e. The van der Waals surface area contributed by atoms with Gasteiger partial charge in [-0.15, -0.1) is 0 Å². The zero-order valence-corrected chi connectivity index (χ0v) is 20.1. The van der Waals surface area contributed by atoms with Gasteiger partial charge in [-0.1, -0.05) is 31.2 Å². The molecule has 0 heterocycles. The summed E-state index contributed by atoms with van der Waals surface area (Å²) in [5, 5.41) is 0. The summed E-state index contributed by atoms with van der Waals surface area (Å²) in [4.78, 5) is 14.8. The van der Waals surface area contributed by atoms with Gasteiger partial charge in [0.25, 0.3) is 5.91 Å². The molecule has 3 aromatic rings. The highest BCUT2D eigenvalue weighted by atomic mass is 79.9. The van der Waals surface area contributed by atoms with Crippen LogP contribution >= 0.6 is 15.9 Å². The van der Waals surface area contributed by atoms with Crippen LogP contribution in [-0.4, -0.2) is 25.3 Å². The molecule has 0 radical (unpaired) electrons. The summed E-state index contributed by atoms with van der Waals surface area (Å²) >= 11 is 3.44. The van der Waals surface area contributed by atoms with Crippen LogP contribution in [0.1, 0.15) is 36.2 Å². The second kappa shape index (κ2) is 10.3. The molecule has 0 fully saturated rings. The minimum Gasteiger partial charge on any atom is -0.379 e. The average molecular weight is 520 g/mol. The van der Waals surface area contributed by atoms with E-state index in [1.807, 2.05) is 32.0 Å². The fraction of sp³-hybridized carbons (Fsp3) is 0.208. The highest BCUT2D eigenvalue weighted by Crippen LogP contribution is 2.23. The van der Waals surface area contributed by atoms with Crippen molar-refractivity contribution in [3.63, 3.8) is 0 Å². The lowest BCUT2D eigenvalue weighted by molar-refractivity contribution is 0.0670. The first-order valence-corrected chi connectivity index (χ1v) is 12.3. The fourth-order valence-corrected chi connectivity index (χ4v) is 4.45.